The van der Waals surface area contributed by atoms with Crippen molar-refractivity contribution in [1.29, 1.82) is 0 Å². The monoisotopic (exact) mass is 393 g/mol. The summed E-state index contributed by atoms with van der Waals surface area (Å²) < 4.78 is 27.8. The molecule has 138 valence electrons. The number of benzene rings is 2. The first-order valence-electron chi connectivity index (χ1n) is 8.22. The molecule has 0 bridgehead atoms. The molecule has 2 aromatic rings. The fourth-order valence-corrected chi connectivity index (χ4v) is 4.10. The Morgan fingerprint density at radius 2 is 1.73 bits per heavy atom. The fourth-order valence-electron chi connectivity index (χ4n) is 2.74. The Morgan fingerprint density at radius 3 is 2.42 bits per heavy atom. The lowest BCUT2D eigenvalue weighted by molar-refractivity contribution is 0.0664. The molecular weight excluding hydrogens is 374 g/mol. The number of likely N-dealkylation sites (N-methyl/N-ethyl adjacent to an activating group) is 1. The number of sulfonamides is 1. The highest BCUT2D eigenvalue weighted by atomic mass is 35.5. The third-order valence-electron chi connectivity index (χ3n) is 4.30. The van der Waals surface area contributed by atoms with Crippen molar-refractivity contribution in [3.05, 3.63) is 59.1 Å². The van der Waals surface area contributed by atoms with Crippen molar-refractivity contribution >= 4 is 33.2 Å². The van der Waals surface area contributed by atoms with Crippen LogP contribution < -0.4 is 4.72 Å². The number of anilines is 1. The number of halogens is 1. The van der Waals surface area contributed by atoms with Crippen LogP contribution in [0.4, 0.5) is 5.69 Å². The standard InChI is InChI=1S/C18H20ClN3O3S/c1-21-9-11-22(12-10-21)18(23)14-5-4-6-15(13-14)26(24,25)20-17-8-3-2-7-16(17)19/h2-8,13,20H,9-12H2,1H3. The number of carbonyl (C=O) groups is 1. The van der Waals surface area contributed by atoms with Gasteiger partial charge in [0, 0.05) is 31.7 Å². The van der Waals surface area contributed by atoms with Gasteiger partial charge in [0.25, 0.3) is 15.9 Å². The molecule has 8 heteroatoms. The van der Waals surface area contributed by atoms with Gasteiger partial charge in [-0.25, -0.2) is 8.42 Å². The van der Waals surface area contributed by atoms with Gasteiger partial charge in [0.15, 0.2) is 0 Å². The second kappa shape index (κ2) is 7.65. The summed E-state index contributed by atoms with van der Waals surface area (Å²) in [5.41, 5.74) is 0.654. The quantitative estimate of drug-likeness (QED) is 0.866. The number of rotatable bonds is 4. The molecule has 0 saturated carbocycles. The zero-order valence-corrected chi connectivity index (χ0v) is 15.9. The molecule has 6 nitrogen and oxygen atoms in total. The minimum absolute atomic E-state index is 0.0254. The summed E-state index contributed by atoms with van der Waals surface area (Å²) in [5.74, 6) is -0.159. The number of piperazine rings is 1. The lowest BCUT2D eigenvalue weighted by Gasteiger charge is -2.32. The Balaban J connectivity index is 1.82. The Bertz CT molecular complexity index is 909. The summed E-state index contributed by atoms with van der Waals surface area (Å²) in [4.78, 5) is 16.6. The maximum absolute atomic E-state index is 12.7. The number of nitrogens with one attached hydrogen (secondary N) is 1. The average molecular weight is 394 g/mol. The van der Waals surface area contributed by atoms with Crippen LogP contribution in [0.3, 0.4) is 0 Å². The summed E-state index contributed by atoms with van der Waals surface area (Å²) in [7, 11) is -1.84. The van der Waals surface area contributed by atoms with Gasteiger partial charge in [-0.3, -0.25) is 9.52 Å². The van der Waals surface area contributed by atoms with Crippen molar-refractivity contribution in [3.8, 4) is 0 Å². The topological polar surface area (TPSA) is 69.7 Å². The molecule has 0 aliphatic carbocycles. The molecule has 1 heterocycles. The zero-order chi connectivity index (χ0) is 18.7. The van der Waals surface area contributed by atoms with E-state index >= 15 is 0 Å². The van der Waals surface area contributed by atoms with Gasteiger partial charge < -0.3 is 9.80 Å². The van der Waals surface area contributed by atoms with Crippen molar-refractivity contribution in [2.75, 3.05) is 37.9 Å². The van der Waals surface area contributed by atoms with Crippen LogP contribution in [0.5, 0.6) is 0 Å². The molecule has 0 unspecified atom stereocenters. The minimum Gasteiger partial charge on any atom is -0.336 e. The number of amides is 1. The highest BCUT2D eigenvalue weighted by Crippen LogP contribution is 2.24. The molecule has 1 amide bonds. The zero-order valence-electron chi connectivity index (χ0n) is 14.4. The molecule has 1 aliphatic rings. The highest BCUT2D eigenvalue weighted by molar-refractivity contribution is 7.92. The van der Waals surface area contributed by atoms with Gasteiger partial charge in [-0.1, -0.05) is 29.8 Å². The summed E-state index contributed by atoms with van der Waals surface area (Å²) in [5, 5.41) is 0.306. The smallest absolute Gasteiger partial charge is 0.261 e. The molecule has 3 rings (SSSR count). The van der Waals surface area contributed by atoms with Crippen LogP contribution >= 0.6 is 11.6 Å². The predicted octanol–water partition coefficient (Wildman–Crippen LogP) is 2.53. The van der Waals surface area contributed by atoms with Crippen LogP contribution in [-0.2, 0) is 10.0 Å². The number of hydrogen-bond acceptors (Lipinski definition) is 4. The normalized spacial score (nSPS) is 15.7. The molecule has 0 radical (unpaired) electrons. The van der Waals surface area contributed by atoms with Gasteiger partial charge in [0.05, 0.1) is 15.6 Å². The van der Waals surface area contributed by atoms with Gasteiger partial charge >= 0.3 is 0 Å². The predicted molar refractivity (Wildman–Crippen MR) is 102 cm³/mol. The molecule has 1 aliphatic heterocycles. The van der Waals surface area contributed by atoms with E-state index in [1.165, 1.54) is 12.1 Å². The molecule has 1 fully saturated rings. The van der Waals surface area contributed by atoms with Gasteiger partial charge in [-0.2, -0.15) is 0 Å². The first-order valence-corrected chi connectivity index (χ1v) is 10.1. The largest absolute Gasteiger partial charge is 0.336 e. The lowest BCUT2D eigenvalue weighted by Crippen LogP contribution is -2.47. The van der Waals surface area contributed by atoms with Crippen LogP contribution in [-0.4, -0.2) is 57.4 Å². The van der Waals surface area contributed by atoms with Crippen LogP contribution in [0.15, 0.2) is 53.4 Å². The van der Waals surface area contributed by atoms with Crippen molar-refractivity contribution in [2.24, 2.45) is 0 Å². The van der Waals surface area contributed by atoms with E-state index in [-0.39, 0.29) is 10.8 Å². The van der Waals surface area contributed by atoms with E-state index in [9.17, 15) is 13.2 Å². The summed E-state index contributed by atoms with van der Waals surface area (Å²) in [6, 6.07) is 12.7. The SMILES string of the molecule is CN1CCN(C(=O)c2cccc(S(=O)(=O)Nc3ccccc3Cl)c2)CC1. The van der Waals surface area contributed by atoms with Gasteiger partial charge in [0.2, 0.25) is 0 Å². The van der Waals surface area contributed by atoms with Gasteiger partial charge in [-0.05, 0) is 37.4 Å². The van der Waals surface area contributed by atoms with Crippen molar-refractivity contribution in [3.63, 3.8) is 0 Å². The van der Waals surface area contributed by atoms with E-state index in [4.69, 9.17) is 11.6 Å². The highest BCUT2D eigenvalue weighted by Gasteiger charge is 2.22. The molecular formula is C18H20ClN3O3S. The molecule has 0 aromatic heterocycles. The molecule has 2 aromatic carbocycles. The van der Waals surface area contributed by atoms with Crippen molar-refractivity contribution in [2.45, 2.75) is 4.90 Å². The van der Waals surface area contributed by atoms with Crippen LogP contribution in [0.1, 0.15) is 10.4 Å². The maximum atomic E-state index is 12.7. The summed E-state index contributed by atoms with van der Waals surface area (Å²) in [6.07, 6.45) is 0. The second-order valence-corrected chi connectivity index (χ2v) is 8.30. The Labute approximate surface area is 158 Å². The van der Waals surface area contributed by atoms with Gasteiger partial charge in [0.1, 0.15) is 0 Å². The number of nitrogens with zero attached hydrogens (tertiary/aromatic N) is 2. The Morgan fingerprint density at radius 1 is 1.04 bits per heavy atom. The lowest BCUT2D eigenvalue weighted by atomic mass is 10.2. The first-order chi connectivity index (χ1) is 12.4. The van der Waals surface area contributed by atoms with Crippen molar-refractivity contribution in [1.82, 2.24) is 9.80 Å². The van der Waals surface area contributed by atoms with Crippen LogP contribution in [0, 0.1) is 0 Å². The molecule has 1 saturated heterocycles. The Hall–Kier alpha value is -2.09. The number of carbonyl (C=O) groups excluding carboxylic acids is 1. The molecule has 26 heavy (non-hydrogen) atoms. The maximum Gasteiger partial charge on any atom is 0.261 e. The molecule has 1 N–H and O–H groups in total. The second-order valence-electron chi connectivity index (χ2n) is 6.21. The number of para-hydroxylation sites is 1. The van der Waals surface area contributed by atoms with E-state index in [1.54, 1.807) is 41.3 Å². The third-order valence-corrected chi connectivity index (χ3v) is 5.99. The van der Waals surface area contributed by atoms with E-state index in [2.05, 4.69) is 9.62 Å². The van der Waals surface area contributed by atoms with E-state index < -0.39 is 10.0 Å². The van der Waals surface area contributed by atoms with Crippen LogP contribution in [0.25, 0.3) is 0 Å². The minimum atomic E-state index is -3.84. The summed E-state index contributed by atoms with van der Waals surface area (Å²) in [6.45, 7) is 2.87. The fraction of sp³-hybridized carbons (Fsp3) is 0.278. The molecule has 0 spiro atoms. The van der Waals surface area contributed by atoms with Crippen LogP contribution in [0.2, 0.25) is 5.02 Å². The Kier molecular flexibility index (Phi) is 5.50. The third kappa shape index (κ3) is 4.17. The van der Waals surface area contributed by atoms with E-state index in [1.807, 2.05) is 7.05 Å². The van der Waals surface area contributed by atoms with E-state index in [0.717, 1.165) is 13.1 Å². The molecule has 0 atom stereocenters. The van der Waals surface area contributed by atoms with Crippen molar-refractivity contribution < 1.29 is 13.2 Å². The van der Waals surface area contributed by atoms with E-state index in [0.29, 0.717) is 29.4 Å². The van der Waals surface area contributed by atoms with Gasteiger partial charge in [-0.15, -0.1) is 0 Å². The first kappa shape index (κ1) is 18.7. The number of hydrogen-bond donors (Lipinski definition) is 1. The summed E-state index contributed by atoms with van der Waals surface area (Å²) >= 11 is 6.02. The average Bonchev–Trinajstić information content (AvgIpc) is 2.64.